The van der Waals surface area contributed by atoms with Crippen molar-refractivity contribution in [1.29, 1.82) is 0 Å². The highest BCUT2D eigenvalue weighted by molar-refractivity contribution is 5.85. The SMILES string of the molecule is C=CCOCCCCCN.Cl. The van der Waals surface area contributed by atoms with Gasteiger partial charge in [-0.25, -0.2) is 0 Å². The topological polar surface area (TPSA) is 35.2 Å². The van der Waals surface area contributed by atoms with Gasteiger partial charge in [-0.1, -0.05) is 6.08 Å². The fourth-order valence-corrected chi connectivity index (χ4v) is 0.692. The number of unbranched alkanes of at least 4 members (excludes halogenated alkanes) is 2. The molecule has 0 aromatic carbocycles. The number of halogens is 1. The lowest BCUT2D eigenvalue weighted by atomic mass is 10.2. The van der Waals surface area contributed by atoms with E-state index in [2.05, 4.69) is 6.58 Å². The molecule has 0 saturated heterocycles. The average molecular weight is 180 g/mol. The largest absolute Gasteiger partial charge is 0.377 e. The smallest absolute Gasteiger partial charge is 0.0644 e. The van der Waals surface area contributed by atoms with E-state index < -0.39 is 0 Å². The van der Waals surface area contributed by atoms with Gasteiger partial charge in [-0.15, -0.1) is 19.0 Å². The molecule has 0 fully saturated rings. The van der Waals surface area contributed by atoms with Crippen LogP contribution in [0.5, 0.6) is 0 Å². The second kappa shape index (κ2) is 12.6. The van der Waals surface area contributed by atoms with Crippen LogP contribution < -0.4 is 5.73 Å². The molecular weight excluding hydrogens is 162 g/mol. The van der Waals surface area contributed by atoms with Crippen LogP contribution in [0.3, 0.4) is 0 Å². The molecule has 11 heavy (non-hydrogen) atoms. The Kier molecular flexibility index (Phi) is 15.5. The molecule has 0 aliphatic rings. The predicted molar refractivity (Wildman–Crippen MR) is 51.2 cm³/mol. The lowest BCUT2D eigenvalue weighted by molar-refractivity contribution is 0.157. The highest BCUT2D eigenvalue weighted by Crippen LogP contribution is 1.93. The maximum Gasteiger partial charge on any atom is 0.0644 e. The molecule has 0 atom stereocenters. The first-order valence-corrected chi connectivity index (χ1v) is 3.80. The molecule has 2 nitrogen and oxygen atoms in total. The van der Waals surface area contributed by atoms with Gasteiger partial charge in [0.05, 0.1) is 6.61 Å². The first kappa shape index (κ1) is 13.5. The van der Waals surface area contributed by atoms with Crippen molar-refractivity contribution in [3.63, 3.8) is 0 Å². The Morgan fingerprint density at radius 1 is 1.27 bits per heavy atom. The van der Waals surface area contributed by atoms with Crippen LogP contribution >= 0.6 is 12.4 Å². The third-order valence-corrected chi connectivity index (χ3v) is 1.23. The molecule has 0 aromatic rings. The quantitative estimate of drug-likeness (QED) is 0.478. The Morgan fingerprint density at radius 2 is 2.00 bits per heavy atom. The van der Waals surface area contributed by atoms with Crippen LogP contribution in [0.4, 0.5) is 0 Å². The molecule has 68 valence electrons. The molecule has 0 radical (unpaired) electrons. The van der Waals surface area contributed by atoms with Gasteiger partial charge in [0.15, 0.2) is 0 Å². The van der Waals surface area contributed by atoms with E-state index in [0.717, 1.165) is 26.0 Å². The van der Waals surface area contributed by atoms with Crippen molar-refractivity contribution in [3.8, 4) is 0 Å². The maximum atomic E-state index is 5.31. The second-order valence-electron chi connectivity index (χ2n) is 2.21. The van der Waals surface area contributed by atoms with E-state index in [9.17, 15) is 0 Å². The Morgan fingerprint density at radius 3 is 2.55 bits per heavy atom. The molecule has 0 rings (SSSR count). The predicted octanol–water partition coefficient (Wildman–Crippen LogP) is 1.74. The highest BCUT2D eigenvalue weighted by atomic mass is 35.5. The lowest BCUT2D eigenvalue weighted by Crippen LogP contribution is -2.00. The second-order valence-corrected chi connectivity index (χ2v) is 2.21. The van der Waals surface area contributed by atoms with Crippen molar-refractivity contribution in [2.24, 2.45) is 5.73 Å². The Bertz CT molecular complexity index is 78.5. The van der Waals surface area contributed by atoms with Gasteiger partial charge in [0.25, 0.3) is 0 Å². The minimum atomic E-state index is 0. The zero-order valence-electron chi connectivity index (χ0n) is 6.92. The van der Waals surface area contributed by atoms with Gasteiger partial charge in [-0.2, -0.15) is 0 Å². The van der Waals surface area contributed by atoms with Crippen molar-refractivity contribution in [3.05, 3.63) is 12.7 Å². The van der Waals surface area contributed by atoms with Crippen molar-refractivity contribution >= 4 is 12.4 Å². The standard InChI is InChI=1S/C8H17NO.ClH/c1-2-7-10-8-5-3-4-6-9;/h2H,1,3-9H2;1H. The van der Waals surface area contributed by atoms with Gasteiger partial charge < -0.3 is 10.5 Å². The normalized spacial score (nSPS) is 8.82. The van der Waals surface area contributed by atoms with Gasteiger partial charge >= 0.3 is 0 Å². The summed E-state index contributed by atoms with van der Waals surface area (Å²) >= 11 is 0. The molecule has 2 N–H and O–H groups in total. The summed E-state index contributed by atoms with van der Waals surface area (Å²) in [6.45, 7) is 5.85. The summed E-state index contributed by atoms with van der Waals surface area (Å²) in [5, 5.41) is 0. The van der Waals surface area contributed by atoms with Crippen LogP contribution in [0.25, 0.3) is 0 Å². The summed E-state index contributed by atoms with van der Waals surface area (Å²) in [4.78, 5) is 0. The first-order chi connectivity index (χ1) is 4.91. The van der Waals surface area contributed by atoms with Gasteiger partial charge in [0.2, 0.25) is 0 Å². The molecule has 0 aliphatic carbocycles. The number of nitrogens with two attached hydrogens (primary N) is 1. The van der Waals surface area contributed by atoms with E-state index in [4.69, 9.17) is 10.5 Å². The van der Waals surface area contributed by atoms with Crippen LogP contribution in [-0.2, 0) is 4.74 Å². The Balaban J connectivity index is 0. The molecule has 0 unspecified atom stereocenters. The number of rotatable bonds is 7. The number of hydrogen-bond donors (Lipinski definition) is 1. The summed E-state index contributed by atoms with van der Waals surface area (Å²) < 4.78 is 5.17. The highest BCUT2D eigenvalue weighted by Gasteiger charge is 1.86. The van der Waals surface area contributed by atoms with Gasteiger partial charge in [0.1, 0.15) is 0 Å². The third kappa shape index (κ3) is 13.0. The molecule has 0 heterocycles. The van der Waals surface area contributed by atoms with E-state index in [1.54, 1.807) is 6.08 Å². The maximum absolute atomic E-state index is 5.31. The Hall–Kier alpha value is -0.0500. The molecule has 0 bridgehead atoms. The van der Waals surface area contributed by atoms with E-state index in [1.807, 2.05) is 0 Å². The summed E-state index contributed by atoms with van der Waals surface area (Å²) in [6.07, 6.45) is 5.17. The van der Waals surface area contributed by atoms with Gasteiger partial charge in [-0.05, 0) is 25.8 Å². The van der Waals surface area contributed by atoms with Gasteiger partial charge in [0, 0.05) is 6.61 Å². The minimum Gasteiger partial charge on any atom is -0.377 e. The van der Waals surface area contributed by atoms with E-state index >= 15 is 0 Å². The molecule has 0 amide bonds. The molecule has 0 saturated carbocycles. The summed E-state index contributed by atoms with van der Waals surface area (Å²) in [7, 11) is 0. The molecule has 3 heteroatoms. The fourth-order valence-electron chi connectivity index (χ4n) is 0.692. The summed E-state index contributed by atoms with van der Waals surface area (Å²) in [5.41, 5.74) is 5.31. The number of ether oxygens (including phenoxy) is 1. The van der Waals surface area contributed by atoms with Crippen LogP contribution in [0.1, 0.15) is 19.3 Å². The lowest BCUT2D eigenvalue weighted by Gasteiger charge is -1.99. The Labute approximate surface area is 75.2 Å². The summed E-state index contributed by atoms with van der Waals surface area (Å²) in [5.74, 6) is 0. The zero-order valence-corrected chi connectivity index (χ0v) is 7.74. The molecule has 0 spiro atoms. The van der Waals surface area contributed by atoms with Crippen LogP contribution in [0, 0.1) is 0 Å². The van der Waals surface area contributed by atoms with Crippen molar-refractivity contribution in [2.45, 2.75) is 19.3 Å². The van der Waals surface area contributed by atoms with E-state index in [0.29, 0.717) is 6.61 Å². The molecular formula is C8H18ClNO. The average Bonchev–Trinajstić information content (AvgIpc) is 1.97. The third-order valence-electron chi connectivity index (χ3n) is 1.23. The van der Waals surface area contributed by atoms with Crippen molar-refractivity contribution in [2.75, 3.05) is 19.8 Å². The summed E-state index contributed by atoms with van der Waals surface area (Å²) in [6, 6.07) is 0. The fraction of sp³-hybridized carbons (Fsp3) is 0.750. The monoisotopic (exact) mass is 179 g/mol. The first-order valence-electron chi connectivity index (χ1n) is 3.80. The molecule has 0 aromatic heterocycles. The van der Waals surface area contributed by atoms with Crippen molar-refractivity contribution in [1.82, 2.24) is 0 Å². The van der Waals surface area contributed by atoms with Crippen LogP contribution in [0.2, 0.25) is 0 Å². The zero-order chi connectivity index (χ0) is 7.66. The number of hydrogen-bond acceptors (Lipinski definition) is 2. The van der Waals surface area contributed by atoms with Crippen LogP contribution in [0.15, 0.2) is 12.7 Å². The van der Waals surface area contributed by atoms with E-state index in [-0.39, 0.29) is 12.4 Å². The van der Waals surface area contributed by atoms with Gasteiger partial charge in [-0.3, -0.25) is 0 Å². The molecule has 0 aliphatic heterocycles. The van der Waals surface area contributed by atoms with E-state index in [1.165, 1.54) is 6.42 Å². The van der Waals surface area contributed by atoms with Crippen molar-refractivity contribution < 1.29 is 4.74 Å². The minimum absolute atomic E-state index is 0. The van der Waals surface area contributed by atoms with Crippen LogP contribution in [-0.4, -0.2) is 19.8 Å².